The number of nitrogen functional groups attached to an aromatic ring is 1. The maximum Gasteiger partial charge on any atom is 0.151 e. The van der Waals surface area contributed by atoms with E-state index in [1.54, 1.807) is 0 Å². The van der Waals surface area contributed by atoms with Crippen molar-refractivity contribution in [3.63, 3.8) is 0 Å². The van der Waals surface area contributed by atoms with E-state index in [1.165, 1.54) is 31.7 Å². The molecule has 0 spiro atoms. The van der Waals surface area contributed by atoms with Gasteiger partial charge in [-0.15, -0.1) is 0 Å². The minimum Gasteiger partial charge on any atom is -0.395 e. The standard InChI is InChI=1S/C13H16F2N2/c14-9-5-10(15)12(16)11(6-9)17-7-13(3-4-13)8-1-2-8/h5-6,8,17H,1-4,7,16H2. The van der Waals surface area contributed by atoms with Crippen LogP contribution < -0.4 is 11.1 Å². The normalized spacial score (nSPS) is 21.3. The van der Waals surface area contributed by atoms with Gasteiger partial charge in [0.2, 0.25) is 0 Å². The Morgan fingerprint density at radius 2 is 2.00 bits per heavy atom. The van der Waals surface area contributed by atoms with Gasteiger partial charge in [-0.25, -0.2) is 8.78 Å². The fraction of sp³-hybridized carbons (Fsp3) is 0.538. The molecule has 0 bridgehead atoms. The van der Waals surface area contributed by atoms with Crippen LogP contribution in [0.15, 0.2) is 12.1 Å². The van der Waals surface area contributed by atoms with Crippen LogP contribution in [-0.4, -0.2) is 6.54 Å². The monoisotopic (exact) mass is 238 g/mol. The zero-order valence-corrected chi connectivity index (χ0v) is 9.60. The first-order chi connectivity index (χ1) is 8.11. The van der Waals surface area contributed by atoms with Gasteiger partial charge in [0.25, 0.3) is 0 Å². The molecule has 4 heteroatoms. The van der Waals surface area contributed by atoms with Crippen molar-refractivity contribution >= 4 is 11.4 Å². The fourth-order valence-corrected chi connectivity index (χ4v) is 2.59. The highest BCUT2D eigenvalue weighted by Crippen LogP contribution is 2.61. The summed E-state index contributed by atoms with van der Waals surface area (Å²) in [5.74, 6) is -0.464. The lowest BCUT2D eigenvalue weighted by Crippen LogP contribution is -2.18. The third-order valence-corrected chi connectivity index (χ3v) is 4.06. The maximum absolute atomic E-state index is 13.2. The van der Waals surface area contributed by atoms with Crippen LogP contribution in [0.4, 0.5) is 20.2 Å². The molecule has 3 N–H and O–H groups in total. The zero-order valence-electron chi connectivity index (χ0n) is 9.60. The molecule has 2 fully saturated rings. The third kappa shape index (κ3) is 1.96. The molecule has 92 valence electrons. The molecule has 1 aromatic rings. The van der Waals surface area contributed by atoms with Crippen molar-refractivity contribution in [1.29, 1.82) is 0 Å². The van der Waals surface area contributed by atoms with Crippen molar-refractivity contribution < 1.29 is 8.78 Å². The van der Waals surface area contributed by atoms with E-state index < -0.39 is 11.6 Å². The Bertz CT molecular complexity index is 451. The molecular weight excluding hydrogens is 222 g/mol. The van der Waals surface area contributed by atoms with E-state index in [0.29, 0.717) is 11.1 Å². The third-order valence-electron chi connectivity index (χ3n) is 4.06. The number of anilines is 2. The van der Waals surface area contributed by atoms with Crippen molar-refractivity contribution in [3.05, 3.63) is 23.8 Å². The second-order valence-electron chi connectivity index (χ2n) is 5.34. The number of nitrogens with two attached hydrogens (primary N) is 1. The molecule has 3 rings (SSSR count). The van der Waals surface area contributed by atoms with Crippen molar-refractivity contribution in [2.45, 2.75) is 25.7 Å². The van der Waals surface area contributed by atoms with E-state index in [-0.39, 0.29) is 5.69 Å². The fourth-order valence-electron chi connectivity index (χ4n) is 2.59. The predicted molar refractivity (Wildman–Crippen MR) is 63.7 cm³/mol. The quantitative estimate of drug-likeness (QED) is 0.791. The predicted octanol–water partition coefficient (Wildman–Crippen LogP) is 3.15. The van der Waals surface area contributed by atoms with Gasteiger partial charge in [-0.05, 0) is 43.1 Å². The molecule has 2 aliphatic carbocycles. The summed E-state index contributed by atoms with van der Waals surface area (Å²) in [7, 11) is 0. The van der Waals surface area contributed by atoms with Gasteiger partial charge >= 0.3 is 0 Å². The molecule has 2 nitrogen and oxygen atoms in total. The van der Waals surface area contributed by atoms with Crippen LogP contribution in [0.2, 0.25) is 0 Å². The molecule has 17 heavy (non-hydrogen) atoms. The Kier molecular flexibility index (Phi) is 2.28. The Labute approximate surface area is 99.2 Å². The molecular formula is C13H16F2N2. The molecule has 0 heterocycles. The van der Waals surface area contributed by atoms with Gasteiger partial charge in [-0.1, -0.05) is 0 Å². The average Bonchev–Trinajstić information content (AvgIpc) is 3.14. The smallest absolute Gasteiger partial charge is 0.151 e. The molecule has 0 aromatic heterocycles. The summed E-state index contributed by atoms with van der Waals surface area (Å²) in [5, 5.41) is 3.11. The van der Waals surface area contributed by atoms with Crippen LogP contribution in [0.3, 0.4) is 0 Å². The Balaban J connectivity index is 1.72. The van der Waals surface area contributed by atoms with E-state index >= 15 is 0 Å². The number of hydrogen-bond acceptors (Lipinski definition) is 2. The van der Waals surface area contributed by atoms with E-state index in [0.717, 1.165) is 18.5 Å². The molecule has 2 saturated carbocycles. The molecule has 1 aromatic carbocycles. The average molecular weight is 238 g/mol. The minimum absolute atomic E-state index is 0.0120. The van der Waals surface area contributed by atoms with E-state index in [4.69, 9.17) is 5.73 Å². The second-order valence-corrected chi connectivity index (χ2v) is 5.34. The first kappa shape index (κ1) is 10.8. The Morgan fingerprint density at radius 1 is 1.29 bits per heavy atom. The summed E-state index contributed by atoms with van der Waals surface area (Å²) < 4.78 is 26.3. The summed E-state index contributed by atoms with van der Waals surface area (Å²) in [6.07, 6.45) is 5.05. The van der Waals surface area contributed by atoms with E-state index in [1.807, 2.05) is 0 Å². The number of benzene rings is 1. The summed E-state index contributed by atoms with van der Waals surface area (Å²) >= 11 is 0. The number of nitrogens with one attached hydrogen (secondary N) is 1. The van der Waals surface area contributed by atoms with E-state index in [9.17, 15) is 8.78 Å². The molecule has 0 radical (unpaired) electrons. The summed E-state index contributed by atoms with van der Waals surface area (Å²) in [5.41, 5.74) is 6.37. The van der Waals surface area contributed by atoms with Gasteiger partial charge in [0, 0.05) is 12.6 Å². The van der Waals surface area contributed by atoms with Crippen LogP contribution in [0.1, 0.15) is 25.7 Å². The topological polar surface area (TPSA) is 38.0 Å². The van der Waals surface area contributed by atoms with Gasteiger partial charge in [0.05, 0.1) is 11.4 Å². The summed E-state index contributed by atoms with van der Waals surface area (Å²) in [4.78, 5) is 0. The maximum atomic E-state index is 13.2. The van der Waals surface area contributed by atoms with Crippen LogP contribution in [-0.2, 0) is 0 Å². The van der Waals surface area contributed by atoms with Gasteiger partial charge in [0.1, 0.15) is 5.82 Å². The first-order valence-corrected chi connectivity index (χ1v) is 6.09. The highest BCUT2D eigenvalue weighted by molar-refractivity contribution is 5.66. The highest BCUT2D eigenvalue weighted by Gasteiger charge is 2.53. The van der Waals surface area contributed by atoms with Crippen molar-refractivity contribution in [1.82, 2.24) is 0 Å². The van der Waals surface area contributed by atoms with Gasteiger partial charge in [-0.2, -0.15) is 0 Å². The first-order valence-electron chi connectivity index (χ1n) is 6.09. The number of halogens is 2. The minimum atomic E-state index is -0.691. The van der Waals surface area contributed by atoms with Crippen LogP contribution in [0.5, 0.6) is 0 Å². The lowest BCUT2D eigenvalue weighted by molar-refractivity contribution is 0.466. The van der Waals surface area contributed by atoms with Crippen molar-refractivity contribution in [2.24, 2.45) is 11.3 Å². The van der Waals surface area contributed by atoms with Crippen LogP contribution in [0.25, 0.3) is 0 Å². The van der Waals surface area contributed by atoms with Crippen molar-refractivity contribution in [2.75, 3.05) is 17.6 Å². The number of rotatable bonds is 4. The molecule has 2 aliphatic rings. The van der Waals surface area contributed by atoms with Gasteiger partial charge < -0.3 is 11.1 Å². The molecule has 0 saturated heterocycles. The van der Waals surface area contributed by atoms with Crippen LogP contribution >= 0.6 is 0 Å². The summed E-state index contributed by atoms with van der Waals surface area (Å²) in [6, 6.07) is 2.08. The second kappa shape index (κ2) is 3.59. The lowest BCUT2D eigenvalue weighted by Gasteiger charge is -2.17. The SMILES string of the molecule is Nc1c(F)cc(F)cc1NCC1(C2CC2)CC1. The summed E-state index contributed by atoms with van der Waals surface area (Å²) in [6.45, 7) is 0.782. The molecule has 0 atom stereocenters. The molecule has 0 unspecified atom stereocenters. The molecule has 0 aliphatic heterocycles. The van der Waals surface area contributed by atoms with Gasteiger partial charge in [0.15, 0.2) is 5.82 Å². The zero-order chi connectivity index (χ0) is 12.0. The Morgan fingerprint density at radius 3 is 2.59 bits per heavy atom. The Hall–Kier alpha value is -1.32. The van der Waals surface area contributed by atoms with E-state index in [2.05, 4.69) is 5.32 Å². The van der Waals surface area contributed by atoms with Gasteiger partial charge in [-0.3, -0.25) is 0 Å². The highest BCUT2D eigenvalue weighted by atomic mass is 19.1. The number of hydrogen-bond donors (Lipinski definition) is 2. The van der Waals surface area contributed by atoms with Crippen molar-refractivity contribution in [3.8, 4) is 0 Å². The lowest BCUT2D eigenvalue weighted by atomic mass is 10.0. The molecule has 0 amide bonds. The van der Waals surface area contributed by atoms with Crippen LogP contribution in [0, 0.1) is 23.0 Å². The largest absolute Gasteiger partial charge is 0.395 e.